The molecule has 0 atom stereocenters. The van der Waals surface area contributed by atoms with Gasteiger partial charge in [-0.1, -0.05) is 36.4 Å². The standard InChI is InChI=1S/C21H19FN2O3/c22-17-8-3-15(4-9-17)13-19(21(26)23-18-10-11-18)16-6-1-14(2-7-16)5-12-20(25)24-27/h1-9,12-13,18,27H,10-11H2,(H,23,26)(H,24,25). The van der Waals surface area contributed by atoms with Crippen LogP contribution in [0, 0.1) is 5.82 Å². The first-order valence-electron chi connectivity index (χ1n) is 8.56. The van der Waals surface area contributed by atoms with Gasteiger partial charge in [0.15, 0.2) is 0 Å². The Kier molecular flexibility index (Phi) is 5.78. The van der Waals surface area contributed by atoms with E-state index in [-0.39, 0.29) is 17.8 Å². The lowest BCUT2D eigenvalue weighted by Gasteiger charge is -2.10. The Morgan fingerprint density at radius 1 is 1.00 bits per heavy atom. The molecule has 1 aliphatic carbocycles. The van der Waals surface area contributed by atoms with Gasteiger partial charge in [-0.15, -0.1) is 0 Å². The fourth-order valence-corrected chi connectivity index (χ4v) is 2.48. The monoisotopic (exact) mass is 366 g/mol. The molecule has 3 rings (SSSR count). The second-order valence-corrected chi connectivity index (χ2v) is 6.29. The van der Waals surface area contributed by atoms with Gasteiger partial charge in [0.25, 0.3) is 11.8 Å². The molecule has 0 bridgehead atoms. The van der Waals surface area contributed by atoms with E-state index in [0.29, 0.717) is 11.1 Å². The molecule has 0 unspecified atom stereocenters. The van der Waals surface area contributed by atoms with E-state index < -0.39 is 5.91 Å². The molecule has 1 fully saturated rings. The Bertz CT molecular complexity index is 883. The lowest BCUT2D eigenvalue weighted by Crippen LogP contribution is -2.26. The lowest BCUT2D eigenvalue weighted by molar-refractivity contribution is -0.124. The second kappa shape index (κ2) is 8.42. The van der Waals surface area contributed by atoms with Crippen LogP contribution in [0.4, 0.5) is 4.39 Å². The summed E-state index contributed by atoms with van der Waals surface area (Å²) in [5, 5.41) is 11.5. The zero-order chi connectivity index (χ0) is 19.2. The van der Waals surface area contributed by atoms with E-state index in [1.807, 2.05) is 0 Å². The molecule has 5 nitrogen and oxygen atoms in total. The predicted octanol–water partition coefficient (Wildman–Crippen LogP) is 3.16. The summed E-state index contributed by atoms with van der Waals surface area (Å²) in [6.45, 7) is 0. The molecule has 138 valence electrons. The number of hydrogen-bond acceptors (Lipinski definition) is 3. The maximum Gasteiger partial charge on any atom is 0.267 e. The van der Waals surface area contributed by atoms with Crippen molar-refractivity contribution in [1.82, 2.24) is 10.8 Å². The van der Waals surface area contributed by atoms with E-state index >= 15 is 0 Å². The molecule has 2 aromatic carbocycles. The number of halogens is 1. The van der Waals surface area contributed by atoms with Crippen LogP contribution in [0.2, 0.25) is 0 Å². The minimum absolute atomic E-state index is 0.176. The molecule has 2 amide bonds. The van der Waals surface area contributed by atoms with Crippen LogP contribution in [0.1, 0.15) is 29.5 Å². The molecule has 6 heteroatoms. The number of nitrogens with one attached hydrogen (secondary N) is 2. The van der Waals surface area contributed by atoms with Crippen molar-refractivity contribution in [3.05, 3.63) is 77.1 Å². The lowest BCUT2D eigenvalue weighted by atomic mass is 10.00. The summed E-state index contributed by atoms with van der Waals surface area (Å²) in [5.41, 5.74) is 4.18. The Balaban J connectivity index is 1.87. The average Bonchev–Trinajstić information content (AvgIpc) is 3.50. The first-order chi connectivity index (χ1) is 13.0. The highest BCUT2D eigenvalue weighted by molar-refractivity contribution is 6.24. The zero-order valence-corrected chi connectivity index (χ0v) is 14.5. The fraction of sp³-hybridized carbons (Fsp3) is 0.143. The van der Waals surface area contributed by atoms with E-state index in [4.69, 9.17) is 5.21 Å². The number of benzene rings is 2. The van der Waals surface area contributed by atoms with Crippen molar-refractivity contribution < 1.29 is 19.2 Å². The van der Waals surface area contributed by atoms with E-state index in [2.05, 4.69) is 5.32 Å². The summed E-state index contributed by atoms with van der Waals surface area (Å²) in [6.07, 6.45) is 6.42. The van der Waals surface area contributed by atoms with Crippen molar-refractivity contribution in [2.24, 2.45) is 0 Å². The van der Waals surface area contributed by atoms with Crippen LogP contribution in [0.25, 0.3) is 17.7 Å². The SMILES string of the molecule is O=C(C=Cc1ccc(C(=Cc2ccc(F)cc2)C(=O)NC2CC2)cc1)NO. The van der Waals surface area contributed by atoms with Crippen molar-refractivity contribution in [2.75, 3.05) is 0 Å². The summed E-state index contributed by atoms with van der Waals surface area (Å²) in [4.78, 5) is 23.7. The topological polar surface area (TPSA) is 78.4 Å². The van der Waals surface area contributed by atoms with E-state index in [9.17, 15) is 14.0 Å². The van der Waals surface area contributed by atoms with E-state index in [1.54, 1.807) is 48.6 Å². The first-order valence-corrected chi connectivity index (χ1v) is 8.56. The first kappa shape index (κ1) is 18.5. The Hall–Kier alpha value is -3.25. The minimum Gasteiger partial charge on any atom is -0.349 e. The third-order valence-electron chi connectivity index (χ3n) is 4.10. The molecular weight excluding hydrogens is 347 g/mol. The maximum absolute atomic E-state index is 13.1. The molecule has 0 radical (unpaired) electrons. The van der Waals surface area contributed by atoms with E-state index in [0.717, 1.165) is 24.0 Å². The largest absolute Gasteiger partial charge is 0.349 e. The number of amides is 2. The summed E-state index contributed by atoms with van der Waals surface area (Å²) >= 11 is 0. The van der Waals surface area contributed by atoms with E-state index in [1.165, 1.54) is 23.7 Å². The van der Waals surface area contributed by atoms with Crippen molar-refractivity contribution >= 4 is 29.5 Å². The van der Waals surface area contributed by atoms with Crippen molar-refractivity contribution in [2.45, 2.75) is 18.9 Å². The molecule has 0 spiro atoms. The fourth-order valence-electron chi connectivity index (χ4n) is 2.48. The van der Waals surface area contributed by atoms with Gasteiger partial charge in [-0.2, -0.15) is 0 Å². The third kappa shape index (κ3) is 5.36. The average molecular weight is 366 g/mol. The Morgan fingerprint density at radius 3 is 2.22 bits per heavy atom. The summed E-state index contributed by atoms with van der Waals surface area (Å²) < 4.78 is 13.1. The molecule has 0 aromatic heterocycles. The van der Waals surface area contributed by atoms with Crippen LogP contribution in [0.15, 0.2) is 54.6 Å². The maximum atomic E-state index is 13.1. The van der Waals surface area contributed by atoms with Gasteiger partial charge < -0.3 is 5.32 Å². The molecule has 0 aliphatic heterocycles. The van der Waals surface area contributed by atoms with Crippen molar-refractivity contribution in [1.29, 1.82) is 0 Å². The molecule has 1 aliphatic rings. The van der Waals surface area contributed by atoms with Gasteiger partial charge in [-0.25, -0.2) is 9.87 Å². The molecule has 27 heavy (non-hydrogen) atoms. The quantitative estimate of drug-likeness (QED) is 0.318. The normalized spacial score (nSPS) is 14.2. The van der Waals surface area contributed by atoms with Crippen molar-refractivity contribution in [3.8, 4) is 0 Å². The zero-order valence-electron chi connectivity index (χ0n) is 14.5. The minimum atomic E-state index is -0.625. The molecule has 0 heterocycles. The van der Waals surface area contributed by atoms with Gasteiger partial charge in [0.05, 0.1) is 0 Å². The molecule has 2 aromatic rings. The van der Waals surface area contributed by atoms with Crippen LogP contribution >= 0.6 is 0 Å². The number of hydroxylamine groups is 1. The van der Waals surface area contributed by atoms with Crippen LogP contribution in [0.3, 0.4) is 0 Å². The van der Waals surface area contributed by atoms with Gasteiger partial charge in [-0.3, -0.25) is 14.8 Å². The molecular formula is C21H19FN2O3. The summed E-state index contributed by atoms with van der Waals surface area (Å²) in [6, 6.07) is 13.2. The molecule has 0 saturated heterocycles. The number of carbonyl (C=O) groups excluding carboxylic acids is 2. The highest BCUT2D eigenvalue weighted by Gasteiger charge is 2.25. The number of hydrogen-bond donors (Lipinski definition) is 3. The molecule has 3 N–H and O–H groups in total. The Morgan fingerprint density at radius 2 is 1.63 bits per heavy atom. The number of carbonyl (C=O) groups is 2. The smallest absolute Gasteiger partial charge is 0.267 e. The highest BCUT2D eigenvalue weighted by atomic mass is 19.1. The second-order valence-electron chi connectivity index (χ2n) is 6.29. The Labute approximate surface area is 156 Å². The van der Waals surface area contributed by atoms with Crippen LogP contribution in [0.5, 0.6) is 0 Å². The van der Waals surface area contributed by atoms with Gasteiger partial charge in [0.2, 0.25) is 0 Å². The van der Waals surface area contributed by atoms with Crippen LogP contribution in [-0.4, -0.2) is 23.1 Å². The van der Waals surface area contributed by atoms with Gasteiger partial charge in [0.1, 0.15) is 5.82 Å². The van der Waals surface area contributed by atoms with Gasteiger partial charge in [0, 0.05) is 17.7 Å². The van der Waals surface area contributed by atoms with Gasteiger partial charge in [-0.05, 0) is 53.8 Å². The molecule has 1 saturated carbocycles. The van der Waals surface area contributed by atoms with Crippen LogP contribution < -0.4 is 10.8 Å². The van der Waals surface area contributed by atoms with Crippen LogP contribution in [-0.2, 0) is 9.59 Å². The third-order valence-corrected chi connectivity index (χ3v) is 4.10. The summed E-state index contributed by atoms with van der Waals surface area (Å²) in [5.74, 6) is -1.14. The predicted molar refractivity (Wildman–Crippen MR) is 101 cm³/mol. The highest BCUT2D eigenvalue weighted by Crippen LogP contribution is 2.24. The summed E-state index contributed by atoms with van der Waals surface area (Å²) in [7, 11) is 0. The van der Waals surface area contributed by atoms with Crippen molar-refractivity contribution in [3.63, 3.8) is 0 Å². The number of rotatable bonds is 6. The van der Waals surface area contributed by atoms with Gasteiger partial charge >= 0.3 is 0 Å².